The molecule has 1 aromatic rings. The van der Waals surface area contributed by atoms with Crippen molar-refractivity contribution in [2.24, 2.45) is 11.3 Å². The van der Waals surface area contributed by atoms with Crippen molar-refractivity contribution in [1.29, 1.82) is 0 Å². The van der Waals surface area contributed by atoms with Gasteiger partial charge in [0.05, 0.1) is 0 Å². The highest BCUT2D eigenvalue weighted by Crippen LogP contribution is 2.58. The lowest BCUT2D eigenvalue weighted by Gasteiger charge is -2.54. The van der Waals surface area contributed by atoms with E-state index in [1.165, 1.54) is 24.5 Å². The lowest BCUT2D eigenvalue weighted by molar-refractivity contribution is 0.0401. The van der Waals surface area contributed by atoms with Gasteiger partial charge in [0.2, 0.25) is 0 Å². The summed E-state index contributed by atoms with van der Waals surface area (Å²) in [5.41, 5.74) is 2.71. The summed E-state index contributed by atoms with van der Waals surface area (Å²) in [5, 5.41) is 20.0. The second-order valence-electron chi connectivity index (χ2n) is 7.34. The molecule has 2 atom stereocenters. The molecule has 1 fully saturated rings. The quantitative estimate of drug-likeness (QED) is 0.736. The van der Waals surface area contributed by atoms with Crippen LogP contribution in [0.1, 0.15) is 57.6 Å². The van der Waals surface area contributed by atoms with Crippen LogP contribution in [0.4, 0.5) is 0 Å². The molecule has 0 radical (unpaired) electrons. The van der Waals surface area contributed by atoms with Gasteiger partial charge in [0.25, 0.3) is 0 Å². The maximum Gasteiger partial charge on any atom is 0.122 e. The van der Waals surface area contributed by atoms with Gasteiger partial charge in [0, 0.05) is 6.07 Å². The molecule has 1 aromatic carbocycles. The number of hydrogen-bond donors (Lipinski definition) is 2. The average molecular weight is 260 g/mol. The van der Waals surface area contributed by atoms with Crippen molar-refractivity contribution in [3.8, 4) is 11.5 Å². The highest BCUT2D eigenvalue weighted by atomic mass is 16.3. The Morgan fingerprint density at radius 3 is 2.58 bits per heavy atom. The van der Waals surface area contributed by atoms with E-state index in [1.807, 2.05) is 6.07 Å². The Morgan fingerprint density at radius 2 is 1.84 bits per heavy atom. The first-order chi connectivity index (χ1) is 8.84. The normalized spacial score (nSPS) is 32.5. The van der Waals surface area contributed by atoms with Gasteiger partial charge in [0.15, 0.2) is 0 Å². The van der Waals surface area contributed by atoms with E-state index in [2.05, 4.69) is 20.8 Å². The topological polar surface area (TPSA) is 40.5 Å². The maximum atomic E-state index is 10.1. The van der Waals surface area contributed by atoms with Crippen LogP contribution in [0.3, 0.4) is 0 Å². The molecule has 2 nitrogen and oxygen atoms in total. The van der Waals surface area contributed by atoms with Gasteiger partial charge in [-0.3, -0.25) is 0 Å². The van der Waals surface area contributed by atoms with Crippen LogP contribution in [0.2, 0.25) is 0 Å². The number of phenolic OH excluding ortho intramolecular Hbond substituents is 2. The standard InChI is InChI=1S/C17H24O2/c1-16(2)7-4-8-17(3)13-9-11(18)10-14(19)12(13)5-6-15(16)17/h9-10,15,18-19H,4-8H2,1-3H3/t15-,17+/m1/s1. The molecule has 0 aromatic heterocycles. The van der Waals surface area contributed by atoms with E-state index in [9.17, 15) is 10.2 Å². The molecule has 0 amide bonds. The average Bonchev–Trinajstić information content (AvgIpc) is 2.29. The highest BCUT2D eigenvalue weighted by molar-refractivity contribution is 5.50. The molecule has 0 bridgehead atoms. The molecule has 2 aliphatic rings. The first kappa shape index (κ1) is 12.8. The number of hydrogen-bond acceptors (Lipinski definition) is 2. The Kier molecular flexibility index (Phi) is 2.64. The van der Waals surface area contributed by atoms with Crippen molar-refractivity contribution in [3.05, 3.63) is 23.3 Å². The summed E-state index contributed by atoms with van der Waals surface area (Å²) < 4.78 is 0. The molecule has 19 heavy (non-hydrogen) atoms. The summed E-state index contributed by atoms with van der Waals surface area (Å²) >= 11 is 0. The van der Waals surface area contributed by atoms with Crippen molar-refractivity contribution in [2.75, 3.05) is 0 Å². The maximum absolute atomic E-state index is 10.1. The number of phenols is 2. The summed E-state index contributed by atoms with van der Waals surface area (Å²) in [4.78, 5) is 0. The van der Waals surface area contributed by atoms with Gasteiger partial charge in [0.1, 0.15) is 11.5 Å². The molecule has 3 rings (SSSR count). The van der Waals surface area contributed by atoms with Crippen LogP contribution < -0.4 is 0 Å². The van der Waals surface area contributed by atoms with Crippen molar-refractivity contribution >= 4 is 0 Å². The fourth-order valence-corrected chi connectivity index (χ4v) is 4.86. The molecule has 0 spiro atoms. The summed E-state index contributed by atoms with van der Waals surface area (Å²) in [6.07, 6.45) is 5.76. The fraction of sp³-hybridized carbons (Fsp3) is 0.647. The van der Waals surface area contributed by atoms with E-state index in [-0.39, 0.29) is 16.9 Å². The van der Waals surface area contributed by atoms with Gasteiger partial charge >= 0.3 is 0 Å². The van der Waals surface area contributed by atoms with E-state index in [1.54, 1.807) is 0 Å². The Labute approximate surface area is 115 Å². The summed E-state index contributed by atoms with van der Waals surface area (Å²) in [5.74, 6) is 1.11. The Hall–Kier alpha value is -1.18. The molecule has 2 heteroatoms. The van der Waals surface area contributed by atoms with Gasteiger partial charge in [-0.2, -0.15) is 0 Å². The molecule has 0 unspecified atom stereocenters. The molecule has 2 aliphatic carbocycles. The van der Waals surface area contributed by atoms with E-state index in [4.69, 9.17) is 0 Å². The van der Waals surface area contributed by atoms with Crippen molar-refractivity contribution in [3.63, 3.8) is 0 Å². The Balaban J connectivity index is 2.17. The van der Waals surface area contributed by atoms with Gasteiger partial charge in [-0.05, 0) is 59.6 Å². The van der Waals surface area contributed by atoms with Crippen LogP contribution in [-0.4, -0.2) is 10.2 Å². The third-order valence-corrected chi connectivity index (χ3v) is 5.74. The summed E-state index contributed by atoms with van der Waals surface area (Å²) in [7, 11) is 0. The lowest BCUT2D eigenvalue weighted by atomic mass is 9.50. The molecule has 0 saturated heterocycles. The molecule has 2 N–H and O–H groups in total. The molecule has 0 aliphatic heterocycles. The largest absolute Gasteiger partial charge is 0.508 e. The molecule has 104 valence electrons. The molecular weight excluding hydrogens is 236 g/mol. The third-order valence-electron chi connectivity index (χ3n) is 5.74. The fourth-order valence-electron chi connectivity index (χ4n) is 4.86. The van der Waals surface area contributed by atoms with Crippen LogP contribution in [0.25, 0.3) is 0 Å². The Bertz CT molecular complexity index is 518. The van der Waals surface area contributed by atoms with Crippen LogP contribution in [0.5, 0.6) is 11.5 Å². The third kappa shape index (κ3) is 1.76. The molecule has 1 saturated carbocycles. The van der Waals surface area contributed by atoms with Crippen molar-refractivity contribution in [2.45, 2.75) is 58.3 Å². The Morgan fingerprint density at radius 1 is 1.11 bits per heavy atom. The second kappa shape index (κ2) is 3.91. The highest BCUT2D eigenvalue weighted by Gasteiger charge is 2.50. The van der Waals surface area contributed by atoms with Gasteiger partial charge in [-0.25, -0.2) is 0 Å². The van der Waals surface area contributed by atoms with Gasteiger partial charge in [-0.1, -0.05) is 27.2 Å². The zero-order valence-corrected chi connectivity index (χ0v) is 12.2. The van der Waals surface area contributed by atoms with Gasteiger partial charge in [-0.15, -0.1) is 0 Å². The van der Waals surface area contributed by atoms with Crippen molar-refractivity contribution < 1.29 is 10.2 Å². The van der Waals surface area contributed by atoms with Crippen LogP contribution in [-0.2, 0) is 11.8 Å². The number of aromatic hydroxyl groups is 2. The van der Waals surface area contributed by atoms with E-state index in [0.29, 0.717) is 11.3 Å². The van der Waals surface area contributed by atoms with Crippen LogP contribution in [0.15, 0.2) is 12.1 Å². The number of fused-ring (bicyclic) bond motifs is 3. The molecular formula is C17H24O2. The second-order valence-corrected chi connectivity index (χ2v) is 7.34. The van der Waals surface area contributed by atoms with Crippen LogP contribution in [0, 0.1) is 11.3 Å². The predicted molar refractivity (Wildman–Crippen MR) is 76.6 cm³/mol. The van der Waals surface area contributed by atoms with E-state index in [0.717, 1.165) is 24.8 Å². The minimum atomic E-state index is 0.103. The number of benzene rings is 1. The predicted octanol–water partition coefficient (Wildman–Crippen LogP) is 4.13. The first-order valence-electron chi connectivity index (χ1n) is 7.40. The summed E-state index contributed by atoms with van der Waals surface area (Å²) in [6.45, 7) is 7.08. The van der Waals surface area contributed by atoms with Gasteiger partial charge < -0.3 is 10.2 Å². The minimum Gasteiger partial charge on any atom is -0.508 e. The SMILES string of the molecule is CC1(C)CCC[C@@]2(C)c3cc(O)cc(O)c3CC[C@H]12. The summed E-state index contributed by atoms with van der Waals surface area (Å²) in [6, 6.07) is 3.37. The molecule has 0 heterocycles. The zero-order chi connectivity index (χ0) is 13.8. The minimum absolute atomic E-state index is 0.103. The van der Waals surface area contributed by atoms with E-state index >= 15 is 0 Å². The smallest absolute Gasteiger partial charge is 0.122 e. The number of rotatable bonds is 0. The zero-order valence-electron chi connectivity index (χ0n) is 12.2. The first-order valence-corrected chi connectivity index (χ1v) is 7.40. The van der Waals surface area contributed by atoms with E-state index < -0.39 is 0 Å². The van der Waals surface area contributed by atoms with Crippen LogP contribution >= 0.6 is 0 Å². The monoisotopic (exact) mass is 260 g/mol. The van der Waals surface area contributed by atoms with Crippen molar-refractivity contribution in [1.82, 2.24) is 0 Å². The lowest BCUT2D eigenvalue weighted by Crippen LogP contribution is -2.47.